The number of thioether (sulfide) groups is 1. The highest BCUT2D eigenvalue weighted by atomic mass is 32.2. The van der Waals surface area contributed by atoms with Crippen molar-refractivity contribution in [2.75, 3.05) is 6.26 Å². The molecule has 21 heavy (non-hydrogen) atoms. The van der Waals surface area contributed by atoms with E-state index in [-0.39, 0.29) is 23.3 Å². The van der Waals surface area contributed by atoms with Crippen LogP contribution in [0.2, 0.25) is 0 Å². The van der Waals surface area contributed by atoms with Crippen LogP contribution in [0, 0.1) is 17.3 Å². The molecular formula is C17H32N2OS. The number of amides is 1. The molecule has 2 fully saturated rings. The van der Waals surface area contributed by atoms with E-state index in [1.807, 2.05) is 11.8 Å². The second-order valence-electron chi connectivity index (χ2n) is 7.63. The van der Waals surface area contributed by atoms with E-state index in [2.05, 4.69) is 32.3 Å². The third-order valence-corrected chi connectivity index (χ3v) is 7.22. The molecule has 0 aliphatic heterocycles. The molecule has 0 heterocycles. The lowest BCUT2D eigenvalue weighted by Crippen LogP contribution is -2.53. The first-order valence-electron chi connectivity index (χ1n) is 8.45. The van der Waals surface area contributed by atoms with E-state index in [0.29, 0.717) is 12.0 Å². The zero-order valence-corrected chi connectivity index (χ0v) is 14.8. The van der Waals surface area contributed by atoms with Gasteiger partial charge in [-0.2, -0.15) is 11.8 Å². The van der Waals surface area contributed by atoms with E-state index in [9.17, 15) is 4.79 Å². The van der Waals surface area contributed by atoms with Crippen molar-refractivity contribution < 1.29 is 4.79 Å². The van der Waals surface area contributed by atoms with Gasteiger partial charge in [0.1, 0.15) is 0 Å². The van der Waals surface area contributed by atoms with Crippen LogP contribution in [0.5, 0.6) is 0 Å². The van der Waals surface area contributed by atoms with E-state index in [0.717, 1.165) is 30.9 Å². The van der Waals surface area contributed by atoms with Gasteiger partial charge in [-0.1, -0.05) is 27.2 Å². The molecule has 0 aromatic heterocycles. The Kier molecular flexibility index (Phi) is 5.64. The fourth-order valence-electron chi connectivity index (χ4n) is 4.11. The Labute approximate surface area is 134 Å². The summed E-state index contributed by atoms with van der Waals surface area (Å²) in [5, 5.41) is 4.07. The molecule has 0 bridgehead atoms. The van der Waals surface area contributed by atoms with Crippen LogP contribution in [0.3, 0.4) is 0 Å². The molecule has 0 spiro atoms. The van der Waals surface area contributed by atoms with Crippen LogP contribution in [-0.4, -0.2) is 29.5 Å². The van der Waals surface area contributed by atoms with Gasteiger partial charge in [0, 0.05) is 23.3 Å². The van der Waals surface area contributed by atoms with Gasteiger partial charge in [-0.25, -0.2) is 0 Å². The van der Waals surface area contributed by atoms with E-state index < -0.39 is 0 Å². The van der Waals surface area contributed by atoms with Gasteiger partial charge in [-0.3, -0.25) is 4.79 Å². The lowest BCUT2D eigenvalue weighted by Gasteiger charge is -2.46. The first kappa shape index (κ1) is 17.1. The Morgan fingerprint density at radius 2 is 1.95 bits per heavy atom. The Morgan fingerprint density at radius 1 is 1.24 bits per heavy atom. The molecule has 5 unspecified atom stereocenters. The van der Waals surface area contributed by atoms with E-state index in [1.54, 1.807) is 0 Å². The summed E-state index contributed by atoms with van der Waals surface area (Å²) in [4.78, 5) is 12.8. The maximum Gasteiger partial charge on any atom is 0.223 e. The summed E-state index contributed by atoms with van der Waals surface area (Å²) >= 11 is 1.94. The van der Waals surface area contributed by atoms with Crippen molar-refractivity contribution in [3.05, 3.63) is 0 Å². The summed E-state index contributed by atoms with van der Waals surface area (Å²) in [6.45, 7) is 6.63. The maximum atomic E-state index is 12.8. The molecule has 1 amide bonds. The third kappa shape index (κ3) is 3.76. The fourth-order valence-corrected chi connectivity index (χ4v) is 4.94. The molecule has 3 nitrogen and oxygen atoms in total. The SMILES string of the molecule is CSC1CCCC(NC(=O)C2CCC(N)C(C)C2(C)C)C1. The van der Waals surface area contributed by atoms with E-state index >= 15 is 0 Å². The van der Waals surface area contributed by atoms with Gasteiger partial charge in [0.15, 0.2) is 0 Å². The van der Waals surface area contributed by atoms with E-state index in [1.165, 1.54) is 12.8 Å². The minimum Gasteiger partial charge on any atom is -0.353 e. The summed E-state index contributed by atoms with van der Waals surface area (Å²) in [7, 11) is 0. The average molecular weight is 313 g/mol. The number of nitrogens with one attached hydrogen (secondary N) is 1. The number of carbonyl (C=O) groups is 1. The van der Waals surface area contributed by atoms with Crippen molar-refractivity contribution in [3.8, 4) is 0 Å². The molecule has 2 saturated carbocycles. The van der Waals surface area contributed by atoms with Gasteiger partial charge in [0.25, 0.3) is 0 Å². The highest BCUT2D eigenvalue weighted by molar-refractivity contribution is 7.99. The van der Waals surface area contributed by atoms with Gasteiger partial charge < -0.3 is 11.1 Å². The van der Waals surface area contributed by atoms with Crippen LogP contribution >= 0.6 is 11.8 Å². The molecular weight excluding hydrogens is 280 g/mol. The number of nitrogens with two attached hydrogens (primary N) is 1. The van der Waals surface area contributed by atoms with Gasteiger partial charge in [-0.05, 0) is 49.7 Å². The summed E-state index contributed by atoms with van der Waals surface area (Å²) < 4.78 is 0. The smallest absolute Gasteiger partial charge is 0.223 e. The minimum atomic E-state index is -0.00464. The zero-order chi connectivity index (χ0) is 15.6. The molecule has 4 heteroatoms. The van der Waals surface area contributed by atoms with Gasteiger partial charge in [0.05, 0.1) is 0 Å². The normalized spacial score (nSPS) is 39.8. The molecule has 2 aliphatic rings. The second-order valence-corrected chi connectivity index (χ2v) is 8.77. The Morgan fingerprint density at radius 3 is 2.62 bits per heavy atom. The van der Waals surface area contributed by atoms with Crippen molar-refractivity contribution in [2.24, 2.45) is 23.0 Å². The van der Waals surface area contributed by atoms with E-state index in [4.69, 9.17) is 5.73 Å². The highest BCUT2D eigenvalue weighted by Crippen LogP contribution is 2.44. The predicted molar refractivity (Wildman–Crippen MR) is 91.3 cm³/mol. The summed E-state index contributed by atoms with van der Waals surface area (Å²) in [5.74, 6) is 0.778. The lowest BCUT2D eigenvalue weighted by molar-refractivity contribution is -0.133. The molecule has 122 valence electrons. The molecule has 0 saturated heterocycles. The molecule has 2 aliphatic carbocycles. The number of rotatable bonds is 3. The number of hydrogen-bond donors (Lipinski definition) is 2. The van der Waals surface area contributed by atoms with Crippen LogP contribution < -0.4 is 11.1 Å². The van der Waals surface area contributed by atoms with Crippen molar-refractivity contribution in [1.82, 2.24) is 5.32 Å². The van der Waals surface area contributed by atoms with Crippen LogP contribution in [0.1, 0.15) is 59.3 Å². The number of carbonyl (C=O) groups excluding carboxylic acids is 1. The van der Waals surface area contributed by atoms with Gasteiger partial charge in [0.2, 0.25) is 5.91 Å². The first-order chi connectivity index (χ1) is 9.86. The van der Waals surface area contributed by atoms with Crippen LogP contribution in [-0.2, 0) is 4.79 Å². The topological polar surface area (TPSA) is 55.1 Å². The third-order valence-electron chi connectivity index (χ3n) is 6.12. The largest absolute Gasteiger partial charge is 0.353 e. The Hall–Kier alpha value is -0.220. The van der Waals surface area contributed by atoms with Crippen LogP contribution in [0.25, 0.3) is 0 Å². The molecule has 3 N–H and O–H groups in total. The second kappa shape index (κ2) is 6.91. The van der Waals surface area contributed by atoms with Crippen molar-refractivity contribution >= 4 is 17.7 Å². The first-order valence-corrected chi connectivity index (χ1v) is 9.73. The average Bonchev–Trinajstić information content (AvgIpc) is 2.45. The zero-order valence-electron chi connectivity index (χ0n) is 14.0. The number of hydrogen-bond acceptors (Lipinski definition) is 3. The van der Waals surface area contributed by atoms with Gasteiger partial charge in [-0.15, -0.1) is 0 Å². The van der Waals surface area contributed by atoms with Crippen molar-refractivity contribution in [3.63, 3.8) is 0 Å². The van der Waals surface area contributed by atoms with Gasteiger partial charge >= 0.3 is 0 Å². The Bertz CT molecular complexity index is 372. The highest BCUT2D eigenvalue weighted by Gasteiger charge is 2.45. The maximum absolute atomic E-state index is 12.8. The monoisotopic (exact) mass is 312 g/mol. The summed E-state index contributed by atoms with van der Waals surface area (Å²) in [5.41, 5.74) is 6.20. The minimum absolute atomic E-state index is 0.00464. The quantitative estimate of drug-likeness (QED) is 0.841. The predicted octanol–water partition coefficient (Wildman–Crippen LogP) is 3.18. The molecule has 5 atom stereocenters. The van der Waals surface area contributed by atoms with Crippen molar-refractivity contribution in [2.45, 2.75) is 76.6 Å². The van der Waals surface area contributed by atoms with Crippen LogP contribution in [0.4, 0.5) is 0 Å². The van der Waals surface area contributed by atoms with Crippen LogP contribution in [0.15, 0.2) is 0 Å². The molecule has 0 radical (unpaired) electrons. The molecule has 2 rings (SSSR count). The Balaban J connectivity index is 1.96. The summed E-state index contributed by atoms with van der Waals surface area (Å²) in [6, 6.07) is 0.616. The lowest BCUT2D eigenvalue weighted by atomic mass is 9.61. The fraction of sp³-hybridized carbons (Fsp3) is 0.941. The van der Waals surface area contributed by atoms with Crippen molar-refractivity contribution in [1.29, 1.82) is 0 Å². The molecule has 0 aromatic carbocycles. The summed E-state index contributed by atoms with van der Waals surface area (Å²) in [6.07, 6.45) is 8.91. The standard InChI is InChI=1S/C17H32N2OS/c1-11-15(18)9-8-14(17(11,2)3)16(20)19-12-6-5-7-13(10-12)21-4/h11-15H,5-10,18H2,1-4H3,(H,19,20). The molecule has 0 aromatic rings.